The van der Waals surface area contributed by atoms with Crippen LogP contribution in [0, 0.1) is 5.41 Å². The third-order valence-electron chi connectivity index (χ3n) is 3.30. The van der Waals surface area contributed by atoms with Crippen LogP contribution in [0.2, 0.25) is 5.15 Å². The summed E-state index contributed by atoms with van der Waals surface area (Å²) in [6.45, 7) is 5.94. The first kappa shape index (κ1) is 11.5. The molecule has 0 spiro atoms. The molecule has 88 valence electrons. The first-order valence-corrected chi connectivity index (χ1v) is 5.79. The number of aromatic amines is 1. The Kier molecular flexibility index (Phi) is 2.49. The Morgan fingerprint density at radius 2 is 2.06 bits per heavy atom. The molecule has 4 nitrogen and oxygen atoms in total. The average Bonchev–Trinajstić information content (AvgIpc) is 2.74. The van der Waals surface area contributed by atoms with E-state index in [9.17, 15) is 9.59 Å². The fourth-order valence-corrected chi connectivity index (χ4v) is 2.33. The van der Waals surface area contributed by atoms with E-state index in [0.29, 0.717) is 12.0 Å². The highest BCUT2D eigenvalue weighted by molar-refractivity contribution is 6.30. The van der Waals surface area contributed by atoms with Crippen LogP contribution in [0.4, 0.5) is 0 Å². The minimum atomic E-state index is -0.400. The third kappa shape index (κ3) is 1.61. The van der Waals surface area contributed by atoms with Gasteiger partial charge in [-0.1, -0.05) is 32.4 Å². The second kappa shape index (κ2) is 3.48. The van der Waals surface area contributed by atoms with E-state index in [1.807, 2.05) is 20.8 Å². The zero-order chi connectivity index (χ0) is 12.1. The van der Waals surface area contributed by atoms with Gasteiger partial charge in [-0.25, -0.2) is 4.79 Å². The van der Waals surface area contributed by atoms with E-state index in [-0.39, 0.29) is 22.2 Å². The van der Waals surface area contributed by atoms with Crippen LogP contribution in [0.15, 0.2) is 9.59 Å². The number of rotatable bonds is 2. The maximum absolute atomic E-state index is 12.1. The Labute approximate surface area is 98.3 Å². The lowest BCUT2D eigenvalue weighted by molar-refractivity contribution is 0.510. The monoisotopic (exact) mass is 242 g/mol. The summed E-state index contributed by atoms with van der Waals surface area (Å²) in [5.74, 6) is 0. The molecular formula is C11H15ClN2O2. The molecule has 1 atom stereocenters. The Balaban J connectivity index is 2.63. The molecule has 0 saturated heterocycles. The normalized spacial score (nSPS) is 22.1. The van der Waals surface area contributed by atoms with Gasteiger partial charge in [0.25, 0.3) is 5.56 Å². The summed E-state index contributed by atoms with van der Waals surface area (Å²) in [4.78, 5) is 26.3. The highest BCUT2D eigenvalue weighted by atomic mass is 35.5. The molecule has 1 N–H and O–H groups in total. The highest BCUT2D eigenvalue weighted by Gasteiger charge is 2.48. The van der Waals surface area contributed by atoms with Gasteiger partial charge in [0, 0.05) is 6.04 Å². The number of halogens is 1. The lowest BCUT2D eigenvalue weighted by Crippen LogP contribution is -2.37. The quantitative estimate of drug-likeness (QED) is 0.803. The first-order valence-electron chi connectivity index (χ1n) is 5.41. The fourth-order valence-electron chi connectivity index (χ4n) is 2.03. The van der Waals surface area contributed by atoms with Crippen molar-refractivity contribution in [1.29, 1.82) is 0 Å². The summed E-state index contributed by atoms with van der Waals surface area (Å²) in [5, 5.41) is 0.173. The van der Waals surface area contributed by atoms with Gasteiger partial charge in [-0.3, -0.25) is 14.3 Å². The van der Waals surface area contributed by atoms with Gasteiger partial charge in [0.1, 0.15) is 5.15 Å². The van der Waals surface area contributed by atoms with Crippen LogP contribution >= 0.6 is 11.6 Å². The van der Waals surface area contributed by atoms with Crippen molar-refractivity contribution in [1.82, 2.24) is 9.55 Å². The van der Waals surface area contributed by atoms with Gasteiger partial charge in [-0.2, -0.15) is 0 Å². The molecule has 5 heteroatoms. The molecule has 1 heterocycles. The second-order valence-corrected chi connectivity index (χ2v) is 5.34. The number of hydrogen-bond acceptors (Lipinski definition) is 2. The molecule has 16 heavy (non-hydrogen) atoms. The molecule has 1 saturated carbocycles. The maximum atomic E-state index is 12.1. The zero-order valence-corrected chi connectivity index (χ0v) is 10.4. The summed E-state index contributed by atoms with van der Waals surface area (Å²) in [6.07, 6.45) is 1.39. The molecule has 1 aliphatic carbocycles. The Morgan fingerprint density at radius 1 is 1.50 bits per heavy atom. The molecule has 1 aromatic heterocycles. The summed E-state index contributed by atoms with van der Waals surface area (Å²) in [6, 6.07) is 0.00585. The predicted octanol–water partition coefficient (Wildman–Crippen LogP) is 1.72. The Bertz CT molecular complexity index is 542. The molecule has 0 aliphatic heterocycles. The SMILES string of the molecule is CCc1c(Cl)[nH]c(=O)n(C2CC2(C)C)c1=O. The standard InChI is InChI=1S/C11H15ClN2O2/c1-4-6-8(12)13-10(16)14(9(6)15)7-5-11(7,2)3/h7H,4-5H2,1-3H3,(H,13,16). The van der Waals surface area contributed by atoms with E-state index in [2.05, 4.69) is 4.98 Å². The first-order chi connectivity index (χ1) is 7.38. The second-order valence-electron chi connectivity index (χ2n) is 4.96. The van der Waals surface area contributed by atoms with E-state index in [1.165, 1.54) is 4.57 Å². The minimum Gasteiger partial charge on any atom is -0.297 e. The van der Waals surface area contributed by atoms with Gasteiger partial charge < -0.3 is 0 Å². The summed E-state index contributed by atoms with van der Waals surface area (Å²) >= 11 is 5.83. The minimum absolute atomic E-state index is 0.00585. The molecule has 0 bridgehead atoms. The Morgan fingerprint density at radius 3 is 2.50 bits per heavy atom. The number of aromatic nitrogens is 2. The molecular weight excluding hydrogens is 228 g/mol. The summed E-state index contributed by atoms with van der Waals surface area (Å²) in [7, 11) is 0. The largest absolute Gasteiger partial charge is 0.329 e. The molecule has 1 aliphatic rings. The average molecular weight is 243 g/mol. The van der Waals surface area contributed by atoms with Crippen LogP contribution in [0.25, 0.3) is 0 Å². The molecule has 1 aromatic rings. The van der Waals surface area contributed by atoms with Crippen molar-refractivity contribution >= 4 is 11.6 Å². The number of nitrogens with zero attached hydrogens (tertiary/aromatic N) is 1. The topological polar surface area (TPSA) is 54.9 Å². The van der Waals surface area contributed by atoms with Crippen molar-refractivity contribution in [2.45, 2.75) is 39.7 Å². The van der Waals surface area contributed by atoms with Crippen molar-refractivity contribution in [3.05, 3.63) is 31.6 Å². The van der Waals surface area contributed by atoms with Crippen molar-refractivity contribution in [2.75, 3.05) is 0 Å². The van der Waals surface area contributed by atoms with Crippen molar-refractivity contribution in [3.8, 4) is 0 Å². The van der Waals surface area contributed by atoms with E-state index >= 15 is 0 Å². The van der Waals surface area contributed by atoms with Gasteiger partial charge in [0.05, 0.1) is 5.56 Å². The maximum Gasteiger partial charge on any atom is 0.329 e. The highest BCUT2D eigenvalue weighted by Crippen LogP contribution is 2.54. The van der Waals surface area contributed by atoms with Crippen LogP contribution in [0.3, 0.4) is 0 Å². The molecule has 0 amide bonds. The van der Waals surface area contributed by atoms with Gasteiger partial charge >= 0.3 is 5.69 Å². The predicted molar refractivity (Wildman–Crippen MR) is 63.1 cm³/mol. The van der Waals surface area contributed by atoms with Crippen LogP contribution < -0.4 is 11.2 Å². The fraction of sp³-hybridized carbons (Fsp3) is 0.636. The van der Waals surface area contributed by atoms with Gasteiger partial charge in [0.2, 0.25) is 0 Å². The lowest BCUT2D eigenvalue weighted by atomic mass is 10.2. The molecule has 1 unspecified atom stereocenters. The van der Waals surface area contributed by atoms with Gasteiger partial charge in [-0.05, 0) is 18.3 Å². The van der Waals surface area contributed by atoms with E-state index in [0.717, 1.165) is 6.42 Å². The number of nitrogens with one attached hydrogen (secondary N) is 1. The molecule has 0 radical (unpaired) electrons. The Hall–Kier alpha value is -1.03. The molecule has 0 aromatic carbocycles. The molecule has 2 rings (SSSR count). The van der Waals surface area contributed by atoms with Gasteiger partial charge in [0.15, 0.2) is 0 Å². The van der Waals surface area contributed by atoms with E-state index in [1.54, 1.807) is 0 Å². The van der Waals surface area contributed by atoms with Crippen molar-refractivity contribution in [2.24, 2.45) is 5.41 Å². The summed E-state index contributed by atoms with van der Waals surface area (Å²) < 4.78 is 1.31. The van der Waals surface area contributed by atoms with Crippen LogP contribution in [0.1, 0.15) is 38.8 Å². The van der Waals surface area contributed by atoms with E-state index in [4.69, 9.17) is 11.6 Å². The van der Waals surface area contributed by atoms with Crippen molar-refractivity contribution < 1.29 is 0 Å². The number of H-pyrrole nitrogens is 1. The van der Waals surface area contributed by atoms with Crippen molar-refractivity contribution in [3.63, 3.8) is 0 Å². The van der Waals surface area contributed by atoms with E-state index < -0.39 is 5.69 Å². The zero-order valence-electron chi connectivity index (χ0n) is 9.63. The lowest BCUT2D eigenvalue weighted by Gasteiger charge is -2.09. The van der Waals surface area contributed by atoms with Crippen LogP contribution in [-0.4, -0.2) is 9.55 Å². The molecule has 1 fully saturated rings. The van der Waals surface area contributed by atoms with Crippen LogP contribution in [-0.2, 0) is 6.42 Å². The summed E-state index contributed by atoms with van der Waals surface area (Å²) in [5.41, 5.74) is -0.117. The third-order valence-corrected chi connectivity index (χ3v) is 3.63. The van der Waals surface area contributed by atoms with Gasteiger partial charge in [-0.15, -0.1) is 0 Å². The number of hydrogen-bond donors (Lipinski definition) is 1. The van der Waals surface area contributed by atoms with Crippen LogP contribution in [0.5, 0.6) is 0 Å². The smallest absolute Gasteiger partial charge is 0.297 e.